The highest BCUT2D eigenvalue weighted by atomic mass is 16.5. The van der Waals surface area contributed by atoms with Crippen molar-refractivity contribution in [3.05, 3.63) is 35.9 Å². The van der Waals surface area contributed by atoms with Gasteiger partial charge >= 0.3 is 5.97 Å². The van der Waals surface area contributed by atoms with Gasteiger partial charge < -0.3 is 10.1 Å². The second kappa shape index (κ2) is 7.85. The highest BCUT2D eigenvalue weighted by molar-refractivity contribution is 5.72. The van der Waals surface area contributed by atoms with Gasteiger partial charge in [0.1, 0.15) is 0 Å². The summed E-state index contributed by atoms with van der Waals surface area (Å²) in [6, 6.07) is 10.0. The first kappa shape index (κ1) is 13.7. The Morgan fingerprint density at radius 1 is 1.35 bits per heavy atom. The second-order valence-electron chi connectivity index (χ2n) is 4.11. The van der Waals surface area contributed by atoms with E-state index >= 15 is 0 Å². The van der Waals surface area contributed by atoms with Crippen molar-refractivity contribution in [3.63, 3.8) is 0 Å². The highest BCUT2D eigenvalue weighted by Crippen LogP contribution is 2.02. The van der Waals surface area contributed by atoms with Crippen LogP contribution in [0.4, 0.5) is 0 Å². The van der Waals surface area contributed by atoms with Gasteiger partial charge in [-0.25, -0.2) is 0 Å². The van der Waals surface area contributed by atoms with Gasteiger partial charge in [0.2, 0.25) is 0 Å². The second-order valence-corrected chi connectivity index (χ2v) is 4.11. The third-order valence-electron chi connectivity index (χ3n) is 2.58. The Balaban J connectivity index is 2.20. The molecule has 0 bridgehead atoms. The summed E-state index contributed by atoms with van der Waals surface area (Å²) in [6.07, 6.45) is 0.778. The molecule has 0 aromatic heterocycles. The quantitative estimate of drug-likeness (QED) is 0.735. The molecule has 0 heterocycles. The highest BCUT2D eigenvalue weighted by Gasteiger charge is 2.13. The van der Waals surface area contributed by atoms with Crippen LogP contribution < -0.4 is 5.32 Å². The van der Waals surface area contributed by atoms with Crippen LogP contribution in [0.25, 0.3) is 0 Å². The van der Waals surface area contributed by atoms with E-state index in [1.165, 1.54) is 5.56 Å². The summed E-state index contributed by atoms with van der Waals surface area (Å²) >= 11 is 0. The maximum Gasteiger partial charge on any atom is 0.309 e. The normalized spacial score (nSPS) is 12.1. The fourth-order valence-corrected chi connectivity index (χ4v) is 1.50. The Bertz CT molecular complexity index is 324. The molecule has 0 saturated carbocycles. The summed E-state index contributed by atoms with van der Waals surface area (Å²) in [5, 5.41) is 3.14. The van der Waals surface area contributed by atoms with E-state index in [1.807, 2.05) is 44.2 Å². The Morgan fingerprint density at radius 3 is 2.71 bits per heavy atom. The summed E-state index contributed by atoms with van der Waals surface area (Å²) in [5.74, 6) is -0.201. The maximum atomic E-state index is 11.6. The number of rotatable bonds is 7. The van der Waals surface area contributed by atoms with Crippen LogP contribution in [0.15, 0.2) is 30.3 Å². The predicted molar refractivity (Wildman–Crippen MR) is 68.8 cm³/mol. The fourth-order valence-electron chi connectivity index (χ4n) is 1.50. The SMILES string of the molecule is CCNCC(C)C(=O)OCCc1ccccc1. The minimum Gasteiger partial charge on any atom is -0.465 e. The molecule has 0 spiro atoms. The predicted octanol–water partition coefficient (Wildman–Crippen LogP) is 2.02. The monoisotopic (exact) mass is 235 g/mol. The average Bonchev–Trinajstić information content (AvgIpc) is 2.37. The summed E-state index contributed by atoms with van der Waals surface area (Å²) < 4.78 is 5.23. The molecule has 0 amide bonds. The lowest BCUT2D eigenvalue weighted by molar-refractivity contribution is -0.147. The molecule has 17 heavy (non-hydrogen) atoms. The summed E-state index contributed by atoms with van der Waals surface area (Å²) in [7, 11) is 0. The van der Waals surface area contributed by atoms with Gasteiger partial charge in [-0.2, -0.15) is 0 Å². The third-order valence-corrected chi connectivity index (χ3v) is 2.58. The van der Waals surface area contributed by atoms with E-state index in [-0.39, 0.29) is 11.9 Å². The van der Waals surface area contributed by atoms with Crippen LogP contribution >= 0.6 is 0 Å². The molecular formula is C14H21NO2. The van der Waals surface area contributed by atoms with Crippen LogP contribution in [0.1, 0.15) is 19.4 Å². The standard InChI is InChI=1S/C14H21NO2/c1-3-15-11-12(2)14(16)17-10-9-13-7-5-4-6-8-13/h4-8,12,15H,3,9-11H2,1-2H3. The molecule has 1 atom stereocenters. The molecule has 1 N–H and O–H groups in total. The van der Waals surface area contributed by atoms with E-state index in [4.69, 9.17) is 4.74 Å². The van der Waals surface area contributed by atoms with E-state index in [1.54, 1.807) is 0 Å². The molecule has 0 radical (unpaired) electrons. The van der Waals surface area contributed by atoms with Gasteiger partial charge in [-0.15, -0.1) is 0 Å². The molecule has 1 aromatic rings. The van der Waals surface area contributed by atoms with Crippen molar-refractivity contribution in [2.45, 2.75) is 20.3 Å². The third kappa shape index (κ3) is 5.50. The minimum atomic E-state index is -0.123. The van der Waals surface area contributed by atoms with E-state index in [9.17, 15) is 4.79 Å². The van der Waals surface area contributed by atoms with Crippen molar-refractivity contribution in [1.82, 2.24) is 5.32 Å². The average molecular weight is 235 g/mol. The number of hydrogen-bond acceptors (Lipinski definition) is 3. The molecule has 3 heteroatoms. The van der Waals surface area contributed by atoms with Gasteiger partial charge in [-0.05, 0) is 12.1 Å². The Morgan fingerprint density at radius 2 is 2.06 bits per heavy atom. The van der Waals surface area contributed by atoms with Gasteiger partial charge in [0.25, 0.3) is 0 Å². The largest absolute Gasteiger partial charge is 0.465 e. The topological polar surface area (TPSA) is 38.3 Å². The number of benzene rings is 1. The molecule has 94 valence electrons. The van der Waals surface area contributed by atoms with Gasteiger partial charge in [0.15, 0.2) is 0 Å². The molecule has 3 nitrogen and oxygen atoms in total. The lowest BCUT2D eigenvalue weighted by Crippen LogP contribution is -2.28. The van der Waals surface area contributed by atoms with E-state index < -0.39 is 0 Å². The van der Waals surface area contributed by atoms with Crippen LogP contribution in [0.3, 0.4) is 0 Å². The van der Waals surface area contributed by atoms with Gasteiger partial charge in [0, 0.05) is 13.0 Å². The van der Waals surface area contributed by atoms with E-state index in [0.29, 0.717) is 13.2 Å². The van der Waals surface area contributed by atoms with Crippen LogP contribution in [-0.2, 0) is 16.0 Å². The number of ether oxygens (including phenoxy) is 1. The fraction of sp³-hybridized carbons (Fsp3) is 0.500. The van der Waals surface area contributed by atoms with E-state index in [2.05, 4.69) is 5.32 Å². The van der Waals surface area contributed by atoms with Gasteiger partial charge in [0.05, 0.1) is 12.5 Å². The molecule has 0 aliphatic carbocycles. The Hall–Kier alpha value is -1.35. The van der Waals surface area contributed by atoms with Crippen LogP contribution in [-0.4, -0.2) is 25.7 Å². The molecular weight excluding hydrogens is 214 g/mol. The zero-order valence-corrected chi connectivity index (χ0v) is 10.6. The summed E-state index contributed by atoms with van der Waals surface area (Å²) in [5.41, 5.74) is 1.19. The first-order valence-corrected chi connectivity index (χ1v) is 6.15. The van der Waals surface area contributed by atoms with Gasteiger partial charge in [-0.3, -0.25) is 4.79 Å². The van der Waals surface area contributed by atoms with Crippen molar-refractivity contribution in [1.29, 1.82) is 0 Å². The molecule has 0 saturated heterocycles. The zero-order chi connectivity index (χ0) is 12.5. The molecule has 0 fully saturated rings. The van der Waals surface area contributed by atoms with Crippen LogP contribution in [0.5, 0.6) is 0 Å². The zero-order valence-electron chi connectivity index (χ0n) is 10.6. The lowest BCUT2D eigenvalue weighted by Gasteiger charge is -2.11. The Labute approximate surface area is 103 Å². The maximum absolute atomic E-state index is 11.6. The molecule has 0 aliphatic rings. The first-order valence-electron chi connectivity index (χ1n) is 6.15. The number of nitrogens with one attached hydrogen (secondary N) is 1. The van der Waals surface area contributed by atoms with Crippen LogP contribution in [0, 0.1) is 5.92 Å². The summed E-state index contributed by atoms with van der Waals surface area (Å²) in [6.45, 7) is 5.92. The minimum absolute atomic E-state index is 0.0780. The number of carbonyl (C=O) groups is 1. The van der Waals surface area contributed by atoms with Crippen LogP contribution in [0.2, 0.25) is 0 Å². The Kier molecular flexibility index (Phi) is 6.33. The number of hydrogen-bond donors (Lipinski definition) is 1. The summed E-state index contributed by atoms with van der Waals surface area (Å²) in [4.78, 5) is 11.6. The molecule has 0 aliphatic heterocycles. The van der Waals surface area contributed by atoms with Crippen molar-refractivity contribution in [2.24, 2.45) is 5.92 Å². The lowest BCUT2D eigenvalue weighted by atomic mass is 10.1. The van der Waals surface area contributed by atoms with Crippen molar-refractivity contribution in [2.75, 3.05) is 19.7 Å². The van der Waals surface area contributed by atoms with Crippen molar-refractivity contribution >= 4 is 5.97 Å². The number of carbonyl (C=O) groups excluding carboxylic acids is 1. The first-order chi connectivity index (χ1) is 8.24. The molecule has 1 unspecified atom stereocenters. The van der Waals surface area contributed by atoms with Crippen molar-refractivity contribution < 1.29 is 9.53 Å². The smallest absolute Gasteiger partial charge is 0.309 e. The molecule has 1 rings (SSSR count). The van der Waals surface area contributed by atoms with Gasteiger partial charge in [-0.1, -0.05) is 44.2 Å². The van der Waals surface area contributed by atoms with Crippen molar-refractivity contribution in [3.8, 4) is 0 Å². The number of esters is 1. The van der Waals surface area contributed by atoms with E-state index in [0.717, 1.165) is 13.0 Å². The molecule has 1 aromatic carbocycles.